The van der Waals surface area contributed by atoms with Crippen molar-refractivity contribution in [2.45, 2.75) is 4.90 Å². The number of nitro benzene ring substituents is 1. The molecule has 0 aliphatic carbocycles. The molecule has 13 heavy (non-hydrogen) atoms. The van der Waals surface area contributed by atoms with Gasteiger partial charge in [0.15, 0.2) is 0 Å². The molecule has 0 fully saturated rings. The quantitative estimate of drug-likeness (QED) is 0.581. The summed E-state index contributed by atoms with van der Waals surface area (Å²) in [5.41, 5.74) is -0.0626. The summed E-state index contributed by atoms with van der Waals surface area (Å²) < 4.78 is 18.4. The number of non-ortho nitro benzene ring substituents is 1. The smallest absolute Gasteiger partial charge is 0.258 e. The van der Waals surface area contributed by atoms with Gasteiger partial charge in [-0.1, -0.05) is 0 Å². The van der Waals surface area contributed by atoms with Gasteiger partial charge in [0, 0.05) is 23.3 Å². The second-order valence-corrected chi connectivity index (χ2v) is 4.75. The lowest BCUT2D eigenvalue weighted by molar-refractivity contribution is -0.384. The molecule has 0 aromatic heterocycles. The molecule has 0 amide bonds. The lowest BCUT2D eigenvalue weighted by Gasteiger charge is -1.98. The van der Waals surface area contributed by atoms with Crippen LogP contribution in [0.1, 0.15) is 0 Å². The minimum absolute atomic E-state index is 0.0626. The van der Waals surface area contributed by atoms with Gasteiger partial charge in [0.2, 0.25) is 0 Å². The molecule has 0 saturated heterocycles. The Morgan fingerprint density at radius 3 is 2.15 bits per heavy atom. The number of hydrogen-bond acceptors (Lipinski definition) is 4. The van der Waals surface area contributed by atoms with Crippen LogP contribution in [0.15, 0.2) is 29.2 Å². The van der Waals surface area contributed by atoms with Crippen LogP contribution in [0.5, 0.6) is 0 Å². The molecule has 6 heteroatoms. The highest BCUT2D eigenvalue weighted by atomic mass is 32.2. The van der Waals surface area contributed by atoms with Crippen LogP contribution in [0.3, 0.4) is 0 Å². The minimum atomic E-state index is -2.77. The molecule has 0 bridgehead atoms. The summed E-state index contributed by atoms with van der Waals surface area (Å²) >= 11 is 0. The first-order valence-corrected chi connectivity index (χ1v) is 5.36. The van der Waals surface area contributed by atoms with Crippen molar-refractivity contribution >= 4 is 15.4 Å². The standard InChI is InChI=1S/C7H8N2O3S/c1-13(8,12)7-4-2-6(3-5-7)9(10)11/h2-5,8H,1H3/t13-/m0/s1. The van der Waals surface area contributed by atoms with Crippen molar-refractivity contribution in [3.63, 3.8) is 0 Å². The van der Waals surface area contributed by atoms with Crippen molar-refractivity contribution in [3.8, 4) is 0 Å². The molecule has 1 aromatic rings. The van der Waals surface area contributed by atoms with E-state index in [1.807, 2.05) is 0 Å². The molecule has 1 aromatic carbocycles. The second-order valence-electron chi connectivity index (χ2n) is 2.59. The van der Waals surface area contributed by atoms with Crippen molar-refractivity contribution in [2.24, 2.45) is 0 Å². The molecular formula is C7H8N2O3S. The summed E-state index contributed by atoms with van der Waals surface area (Å²) in [6.45, 7) is 0. The molecule has 0 unspecified atom stereocenters. The molecular weight excluding hydrogens is 192 g/mol. The fourth-order valence-corrected chi connectivity index (χ4v) is 1.48. The first kappa shape index (κ1) is 9.66. The van der Waals surface area contributed by atoms with Crippen LogP contribution in [-0.4, -0.2) is 15.4 Å². The van der Waals surface area contributed by atoms with Gasteiger partial charge in [-0.2, -0.15) is 0 Å². The average molecular weight is 200 g/mol. The lowest BCUT2D eigenvalue weighted by Crippen LogP contribution is -1.95. The lowest BCUT2D eigenvalue weighted by atomic mass is 10.3. The van der Waals surface area contributed by atoms with E-state index >= 15 is 0 Å². The molecule has 0 aliphatic rings. The number of rotatable bonds is 2. The number of nitro groups is 1. The van der Waals surface area contributed by atoms with Gasteiger partial charge in [-0.3, -0.25) is 10.1 Å². The first-order valence-electron chi connectivity index (χ1n) is 3.39. The molecule has 0 saturated carbocycles. The number of nitrogens with one attached hydrogen (secondary N) is 1. The number of hydrogen-bond donors (Lipinski definition) is 1. The largest absolute Gasteiger partial charge is 0.269 e. The summed E-state index contributed by atoms with van der Waals surface area (Å²) in [5.74, 6) is 0. The van der Waals surface area contributed by atoms with Crippen molar-refractivity contribution in [1.29, 1.82) is 4.78 Å². The van der Waals surface area contributed by atoms with Gasteiger partial charge in [0.05, 0.1) is 14.7 Å². The summed E-state index contributed by atoms with van der Waals surface area (Å²) in [6.07, 6.45) is 1.27. The highest BCUT2D eigenvalue weighted by Crippen LogP contribution is 2.15. The maximum absolute atomic E-state index is 11.2. The van der Waals surface area contributed by atoms with Crippen LogP contribution in [0, 0.1) is 14.9 Å². The molecule has 1 rings (SSSR count). The summed E-state index contributed by atoms with van der Waals surface area (Å²) in [7, 11) is -2.77. The topological polar surface area (TPSA) is 84.1 Å². The van der Waals surface area contributed by atoms with Crippen LogP contribution in [0.25, 0.3) is 0 Å². The van der Waals surface area contributed by atoms with Crippen LogP contribution in [0.4, 0.5) is 5.69 Å². The molecule has 0 spiro atoms. The minimum Gasteiger partial charge on any atom is -0.258 e. The molecule has 0 radical (unpaired) electrons. The number of benzene rings is 1. The maximum atomic E-state index is 11.2. The van der Waals surface area contributed by atoms with Gasteiger partial charge in [-0.15, -0.1) is 0 Å². The maximum Gasteiger partial charge on any atom is 0.269 e. The summed E-state index contributed by atoms with van der Waals surface area (Å²) in [5, 5.41) is 10.2. The Bertz CT molecular complexity index is 422. The van der Waals surface area contributed by atoms with E-state index in [1.165, 1.54) is 30.5 Å². The third kappa shape index (κ3) is 2.25. The Balaban J connectivity index is 3.16. The first-order chi connectivity index (χ1) is 5.91. The van der Waals surface area contributed by atoms with Gasteiger partial charge in [0.1, 0.15) is 0 Å². The third-order valence-corrected chi connectivity index (χ3v) is 2.67. The Morgan fingerprint density at radius 2 is 1.85 bits per heavy atom. The van der Waals surface area contributed by atoms with Crippen LogP contribution < -0.4 is 0 Å². The summed E-state index contributed by atoms with van der Waals surface area (Å²) in [6, 6.07) is 5.17. The second kappa shape index (κ2) is 3.14. The van der Waals surface area contributed by atoms with Crippen LogP contribution in [0.2, 0.25) is 0 Å². The highest BCUT2D eigenvalue weighted by Gasteiger charge is 2.07. The van der Waals surface area contributed by atoms with Gasteiger partial charge in [-0.05, 0) is 12.1 Å². The average Bonchev–Trinajstić information content (AvgIpc) is 2.03. The zero-order chi connectivity index (χ0) is 10.1. The van der Waals surface area contributed by atoms with Gasteiger partial charge in [-0.25, -0.2) is 8.99 Å². The molecule has 0 heterocycles. The normalized spacial score (nSPS) is 14.8. The Hall–Kier alpha value is -1.43. The molecule has 1 N–H and O–H groups in total. The van der Waals surface area contributed by atoms with Crippen molar-refractivity contribution in [3.05, 3.63) is 34.4 Å². The van der Waals surface area contributed by atoms with Crippen molar-refractivity contribution in [1.82, 2.24) is 0 Å². The van der Waals surface area contributed by atoms with E-state index in [-0.39, 0.29) is 5.69 Å². The zero-order valence-corrected chi connectivity index (χ0v) is 7.71. The van der Waals surface area contributed by atoms with E-state index in [1.54, 1.807) is 0 Å². The third-order valence-electron chi connectivity index (χ3n) is 1.50. The highest BCUT2D eigenvalue weighted by molar-refractivity contribution is 7.91. The monoisotopic (exact) mass is 200 g/mol. The molecule has 70 valence electrons. The molecule has 5 nitrogen and oxygen atoms in total. The molecule has 1 atom stereocenters. The van der Waals surface area contributed by atoms with E-state index in [9.17, 15) is 14.3 Å². The fourth-order valence-electron chi connectivity index (χ4n) is 0.828. The van der Waals surface area contributed by atoms with Crippen molar-refractivity contribution < 1.29 is 9.13 Å². The van der Waals surface area contributed by atoms with Gasteiger partial charge < -0.3 is 0 Å². The van der Waals surface area contributed by atoms with E-state index in [2.05, 4.69) is 0 Å². The van der Waals surface area contributed by atoms with Gasteiger partial charge >= 0.3 is 0 Å². The molecule has 0 aliphatic heterocycles. The van der Waals surface area contributed by atoms with E-state index < -0.39 is 14.7 Å². The SMILES string of the molecule is C[S@](=N)(=O)c1ccc([N+](=O)[O-])cc1. The Morgan fingerprint density at radius 1 is 1.38 bits per heavy atom. The van der Waals surface area contributed by atoms with E-state index in [4.69, 9.17) is 4.78 Å². The van der Waals surface area contributed by atoms with Gasteiger partial charge in [0.25, 0.3) is 5.69 Å². The zero-order valence-electron chi connectivity index (χ0n) is 6.89. The Labute approximate surface area is 75.5 Å². The predicted octanol–water partition coefficient (Wildman–Crippen LogP) is 1.63. The van der Waals surface area contributed by atoms with Crippen molar-refractivity contribution in [2.75, 3.05) is 6.26 Å². The fraction of sp³-hybridized carbons (Fsp3) is 0.143. The Kier molecular flexibility index (Phi) is 2.33. The predicted molar refractivity (Wildman–Crippen MR) is 48.1 cm³/mol. The van der Waals surface area contributed by atoms with E-state index in [0.29, 0.717) is 4.90 Å². The summed E-state index contributed by atoms with van der Waals surface area (Å²) in [4.78, 5) is 10.0. The van der Waals surface area contributed by atoms with Crippen LogP contribution >= 0.6 is 0 Å². The number of nitrogens with zero attached hydrogens (tertiary/aromatic N) is 1. The van der Waals surface area contributed by atoms with Crippen LogP contribution in [-0.2, 0) is 9.73 Å². The van der Waals surface area contributed by atoms with E-state index in [0.717, 1.165) is 0 Å².